The molecule has 5 nitrogen and oxygen atoms in total. The molecule has 0 fully saturated rings. The lowest BCUT2D eigenvalue weighted by Gasteiger charge is -2.08. The predicted octanol–water partition coefficient (Wildman–Crippen LogP) is 0.885. The number of hydrogen-bond acceptors (Lipinski definition) is 5. The van der Waals surface area contributed by atoms with Crippen LogP contribution >= 0.6 is 0 Å². The fourth-order valence-electron chi connectivity index (χ4n) is 1.18. The van der Waals surface area contributed by atoms with Gasteiger partial charge in [-0.05, 0) is 18.2 Å². The van der Waals surface area contributed by atoms with E-state index in [0.29, 0.717) is 0 Å². The molecule has 1 rings (SSSR count). The summed E-state index contributed by atoms with van der Waals surface area (Å²) in [6.07, 6.45) is 1.08. The molecule has 0 saturated carbocycles. The Morgan fingerprint density at radius 1 is 1.25 bits per heavy atom. The molecule has 0 N–H and O–H groups in total. The Morgan fingerprint density at radius 2 is 1.88 bits per heavy atom. The summed E-state index contributed by atoms with van der Waals surface area (Å²) in [5, 5.41) is 0. The molecule has 0 heterocycles. The van der Waals surface area contributed by atoms with Gasteiger partial charge in [-0.2, -0.15) is 0 Å². The number of sulfone groups is 1. The summed E-state index contributed by atoms with van der Waals surface area (Å²) in [5.41, 5.74) is 0.192. The van der Waals surface area contributed by atoms with Crippen molar-refractivity contribution in [2.24, 2.45) is 0 Å². The van der Waals surface area contributed by atoms with Gasteiger partial charge in [0.1, 0.15) is 11.3 Å². The summed E-state index contributed by atoms with van der Waals surface area (Å²) in [4.78, 5) is 11.4. The minimum absolute atomic E-state index is 0.0944. The molecule has 88 valence electrons. The fraction of sp³-hybridized carbons (Fsp3) is 0.300. The van der Waals surface area contributed by atoms with Crippen molar-refractivity contribution in [1.82, 2.24) is 0 Å². The van der Waals surface area contributed by atoms with Gasteiger partial charge in [-0.25, -0.2) is 13.2 Å². The molecule has 0 aliphatic heterocycles. The van der Waals surface area contributed by atoms with Crippen LogP contribution in [0.4, 0.5) is 0 Å². The van der Waals surface area contributed by atoms with Gasteiger partial charge < -0.3 is 9.47 Å². The topological polar surface area (TPSA) is 69.7 Å². The van der Waals surface area contributed by atoms with Crippen LogP contribution in [0.3, 0.4) is 0 Å². The van der Waals surface area contributed by atoms with Crippen LogP contribution in [0, 0.1) is 0 Å². The Hall–Kier alpha value is -1.56. The number of methoxy groups -OCH3 is 2. The second-order valence-corrected chi connectivity index (χ2v) is 5.14. The van der Waals surface area contributed by atoms with E-state index in [1.54, 1.807) is 0 Å². The third kappa shape index (κ3) is 2.52. The van der Waals surface area contributed by atoms with Crippen LogP contribution in [-0.4, -0.2) is 34.9 Å². The van der Waals surface area contributed by atoms with E-state index in [4.69, 9.17) is 4.74 Å². The van der Waals surface area contributed by atoms with Crippen LogP contribution in [0.5, 0.6) is 5.75 Å². The molecule has 1 aromatic carbocycles. The number of carbonyl (C=O) groups excluding carboxylic acids is 1. The quantitative estimate of drug-likeness (QED) is 0.738. The molecule has 0 spiro atoms. The van der Waals surface area contributed by atoms with Gasteiger partial charge in [-0.15, -0.1) is 0 Å². The zero-order valence-electron chi connectivity index (χ0n) is 9.18. The molecule has 16 heavy (non-hydrogen) atoms. The third-order valence-electron chi connectivity index (χ3n) is 2.01. The van der Waals surface area contributed by atoms with Gasteiger partial charge in [-0.1, -0.05) is 0 Å². The first-order chi connectivity index (χ1) is 7.40. The molecular formula is C10H12O5S. The minimum atomic E-state index is -3.32. The zero-order chi connectivity index (χ0) is 12.3. The Morgan fingerprint density at radius 3 is 2.31 bits per heavy atom. The smallest absolute Gasteiger partial charge is 0.341 e. The number of rotatable bonds is 3. The average molecular weight is 244 g/mol. The molecule has 1 aromatic rings. The highest BCUT2D eigenvalue weighted by Crippen LogP contribution is 2.23. The summed E-state index contributed by atoms with van der Waals surface area (Å²) in [7, 11) is -0.719. The van der Waals surface area contributed by atoms with Crippen LogP contribution in [0.1, 0.15) is 10.4 Å². The summed E-state index contributed by atoms with van der Waals surface area (Å²) >= 11 is 0. The van der Waals surface area contributed by atoms with Crippen LogP contribution < -0.4 is 4.74 Å². The van der Waals surface area contributed by atoms with E-state index in [2.05, 4.69) is 4.74 Å². The Labute approximate surface area is 93.9 Å². The van der Waals surface area contributed by atoms with Crippen molar-refractivity contribution in [3.8, 4) is 5.75 Å². The Bertz CT molecular complexity index is 504. The van der Waals surface area contributed by atoms with E-state index in [1.807, 2.05) is 0 Å². The van der Waals surface area contributed by atoms with Gasteiger partial charge in [0.05, 0.1) is 19.1 Å². The standard InChI is InChI=1S/C10H12O5S/c1-14-9-6-7(16(3,12)13)4-5-8(9)10(11)15-2/h4-6H,1-3H3. The third-order valence-corrected chi connectivity index (χ3v) is 3.12. The van der Waals surface area contributed by atoms with Gasteiger partial charge in [-0.3, -0.25) is 0 Å². The Balaban J connectivity index is 3.33. The molecule has 6 heteroatoms. The number of esters is 1. The molecule has 0 aliphatic carbocycles. The first-order valence-corrected chi connectivity index (χ1v) is 6.25. The molecule has 0 aliphatic rings. The van der Waals surface area contributed by atoms with Crippen molar-refractivity contribution in [3.05, 3.63) is 23.8 Å². The van der Waals surface area contributed by atoms with Crippen molar-refractivity contribution in [2.75, 3.05) is 20.5 Å². The maximum Gasteiger partial charge on any atom is 0.341 e. The van der Waals surface area contributed by atoms with Crippen LogP contribution in [0.25, 0.3) is 0 Å². The van der Waals surface area contributed by atoms with Crippen molar-refractivity contribution in [3.63, 3.8) is 0 Å². The van der Waals surface area contributed by atoms with E-state index >= 15 is 0 Å². The fourth-order valence-corrected chi connectivity index (χ4v) is 1.82. The zero-order valence-corrected chi connectivity index (χ0v) is 10.00. The second-order valence-electron chi connectivity index (χ2n) is 3.13. The summed E-state index contributed by atoms with van der Waals surface area (Å²) in [5.74, 6) is -0.397. The average Bonchev–Trinajstić information content (AvgIpc) is 2.26. The molecule has 0 aromatic heterocycles. The van der Waals surface area contributed by atoms with Gasteiger partial charge >= 0.3 is 5.97 Å². The van der Waals surface area contributed by atoms with Gasteiger partial charge in [0, 0.05) is 6.26 Å². The lowest BCUT2D eigenvalue weighted by molar-refractivity contribution is 0.0597. The van der Waals surface area contributed by atoms with Crippen LogP contribution in [0.15, 0.2) is 23.1 Å². The second kappa shape index (κ2) is 4.52. The minimum Gasteiger partial charge on any atom is -0.496 e. The molecule has 0 saturated heterocycles. The van der Waals surface area contributed by atoms with Gasteiger partial charge in [0.25, 0.3) is 0 Å². The monoisotopic (exact) mass is 244 g/mol. The van der Waals surface area contributed by atoms with E-state index in [0.717, 1.165) is 6.26 Å². The molecule has 0 radical (unpaired) electrons. The number of ether oxygens (including phenoxy) is 2. The largest absolute Gasteiger partial charge is 0.496 e. The molecule has 0 bridgehead atoms. The lowest BCUT2D eigenvalue weighted by atomic mass is 10.2. The highest BCUT2D eigenvalue weighted by atomic mass is 32.2. The predicted molar refractivity (Wildman–Crippen MR) is 57.4 cm³/mol. The SMILES string of the molecule is COC(=O)c1ccc(S(C)(=O)=O)cc1OC. The Kier molecular flexibility index (Phi) is 3.54. The van der Waals surface area contributed by atoms with E-state index < -0.39 is 15.8 Å². The highest BCUT2D eigenvalue weighted by molar-refractivity contribution is 7.90. The van der Waals surface area contributed by atoms with Crippen molar-refractivity contribution < 1.29 is 22.7 Å². The van der Waals surface area contributed by atoms with Crippen LogP contribution in [0.2, 0.25) is 0 Å². The number of carbonyl (C=O) groups is 1. The van der Waals surface area contributed by atoms with Crippen molar-refractivity contribution >= 4 is 15.8 Å². The van der Waals surface area contributed by atoms with Crippen LogP contribution in [-0.2, 0) is 14.6 Å². The summed E-state index contributed by atoms with van der Waals surface area (Å²) in [6.45, 7) is 0. The molecule has 0 unspecified atom stereocenters. The van der Waals surface area contributed by atoms with E-state index in [9.17, 15) is 13.2 Å². The highest BCUT2D eigenvalue weighted by Gasteiger charge is 2.16. The molecule has 0 atom stereocenters. The summed E-state index contributed by atoms with van der Waals surface area (Å²) in [6, 6.07) is 3.99. The summed E-state index contributed by atoms with van der Waals surface area (Å²) < 4.78 is 32.0. The number of benzene rings is 1. The number of hydrogen-bond donors (Lipinski definition) is 0. The lowest BCUT2D eigenvalue weighted by Crippen LogP contribution is -2.06. The molecular weight excluding hydrogens is 232 g/mol. The van der Waals surface area contributed by atoms with Crippen molar-refractivity contribution in [2.45, 2.75) is 4.90 Å². The molecule has 0 amide bonds. The van der Waals surface area contributed by atoms with Crippen molar-refractivity contribution in [1.29, 1.82) is 0 Å². The van der Waals surface area contributed by atoms with E-state index in [-0.39, 0.29) is 16.2 Å². The first-order valence-electron chi connectivity index (χ1n) is 4.36. The van der Waals surface area contributed by atoms with Gasteiger partial charge in [0.15, 0.2) is 9.84 Å². The maximum absolute atomic E-state index is 11.3. The first kappa shape index (κ1) is 12.5. The normalized spacial score (nSPS) is 10.9. The maximum atomic E-state index is 11.3. The van der Waals surface area contributed by atoms with Gasteiger partial charge in [0.2, 0.25) is 0 Å². The van der Waals surface area contributed by atoms with E-state index in [1.165, 1.54) is 32.4 Å².